The summed E-state index contributed by atoms with van der Waals surface area (Å²) in [6, 6.07) is 6.75. The highest BCUT2D eigenvalue weighted by atomic mass is 14.5. The minimum Gasteiger partial charge on any atom is -0.198 e. The van der Waals surface area contributed by atoms with Crippen molar-refractivity contribution in [3.8, 4) is 30.6 Å². The van der Waals surface area contributed by atoms with E-state index in [0.29, 0.717) is 23.7 Å². The first kappa shape index (κ1) is 40.7. The fourth-order valence-electron chi connectivity index (χ4n) is 3.81. The van der Waals surface area contributed by atoms with E-state index in [-0.39, 0.29) is 5.41 Å². The average Bonchev–Trinajstić information content (AvgIpc) is 3.60. The molecule has 0 N–H and O–H groups in total. The van der Waals surface area contributed by atoms with E-state index in [4.69, 9.17) is 22.2 Å². The van der Waals surface area contributed by atoms with E-state index in [1.54, 1.807) is 0 Å². The Labute approximate surface area is 244 Å². The lowest BCUT2D eigenvalue weighted by molar-refractivity contribution is 0.471. The van der Waals surface area contributed by atoms with Gasteiger partial charge in [0.1, 0.15) is 0 Å². The number of hydrogen-bond acceptors (Lipinski definition) is 3. The molecule has 0 aromatic carbocycles. The molecule has 0 saturated heterocycles. The molecule has 0 unspecified atom stereocenters. The largest absolute Gasteiger partial charge is 0.198 e. The number of nitrogens with zero attached hydrogens (tertiary/aromatic N) is 3. The van der Waals surface area contributed by atoms with Gasteiger partial charge in [0.2, 0.25) is 0 Å². The zero-order valence-electron chi connectivity index (χ0n) is 28.0. The molecule has 1 fully saturated rings. The summed E-state index contributed by atoms with van der Waals surface area (Å²) in [7, 11) is 0. The number of nitriles is 3. The molecule has 0 bridgehead atoms. The molecule has 0 radical (unpaired) electrons. The van der Waals surface area contributed by atoms with Gasteiger partial charge in [-0.25, -0.2) is 0 Å². The van der Waals surface area contributed by atoms with Crippen LogP contribution in [0.2, 0.25) is 0 Å². The predicted molar refractivity (Wildman–Crippen MR) is 170 cm³/mol. The zero-order valence-corrected chi connectivity index (χ0v) is 28.0. The van der Waals surface area contributed by atoms with Crippen LogP contribution in [-0.2, 0) is 0 Å². The lowest BCUT2D eigenvalue weighted by atomic mass is 9.96. The lowest BCUT2D eigenvalue weighted by Gasteiger charge is -2.06. The molecule has 1 rings (SSSR count). The predicted octanol–water partition coefficient (Wildman–Crippen LogP) is 11.1. The van der Waals surface area contributed by atoms with E-state index in [0.717, 1.165) is 60.8 Å². The van der Waals surface area contributed by atoms with E-state index in [9.17, 15) is 0 Å². The fourth-order valence-corrected chi connectivity index (χ4v) is 3.81. The molecule has 39 heavy (non-hydrogen) atoms. The third kappa shape index (κ3) is 24.1. The highest BCUT2D eigenvalue weighted by Gasteiger charge is 2.43. The molecule has 0 aromatic heterocycles. The van der Waals surface area contributed by atoms with E-state index >= 15 is 0 Å². The molecule has 0 aliphatic heterocycles. The first-order valence-corrected chi connectivity index (χ1v) is 14.6. The third-order valence-electron chi connectivity index (χ3n) is 6.33. The summed E-state index contributed by atoms with van der Waals surface area (Å²) < 4.78 is 0. The van der Waals surface area contributed by atoms with Gasteiger partial charge in [0.15, 0.2) is 0 Å². The van der Waals surface area contributed by atoms with Crippen molar-refractivity contribution in [3.63, 3.8) is 0 Å². The maximum atomic E-state index is 8.66. The summed E-state index contributed by atoms with van der Waals surface area (Å²) in [4.78, 5) is 0. The van der Waals surface area contributed by atoms with Crippen LogP contribution in [0.1, 0.15) is 135 Å². The van der Waals surface area contributed by atoms with Crippen LogP contribution in [0, 0.1) is 75.4 Å². The Hall–Kier alpha value is -2.75. The van der Waals surface area contributed by atoms with Gasteiger partial charge < -0.3 is 0 Å². The highest BCUT2D eigenvalue weighted by molar-refractivity contribution is 5.28. The summed E-state index contributed by atoms with van der Waals surface area (Å²) in [5, 5.41) is 25.8. The second-order valence-corrected chi connectivity index (χ2v) is 12.9. The van der Waals surface area contributed by atoms with Gasteiger partial charge in [-0.05, 0) is 109 Å². The van der Waals surface area contributed by atoms with Gasteiger partial charge in [0, 0.05) is 11.1 Å². The van der Waals surface area contributed by atoms with Gasteiger partial charge in [-0.3, -0.25) is 0 Å². The number of terminal acetylenes is 1. The van der Waals surface area contributed by atoms with Crippen LogP contribution >= 0.6 is 0 Å². The lowest BCUT2D eigenvalue weighted by Crippen LogP contribution is -2.00. The molecule has 1 aliphatic carbocycles. The van der Waals surface area contributed by atoms with Crippen molar-refractivity contribution >= 4 is 0 Å². The molecule has 1 saturated carbocycles. The van der Waals surface area contributed by atoms with Crippen LogP contribution in [0.25, 0.3) is 0 Å². The number of allylic oxidation sites excluding steroid dienone is 6. The van der Waals surface area contributed by atoms with Crippen molar-refractivity contribution in [1.82, 2.24) is 0 Å². The molecule has 0 spiro atoms. The molecule has 0 atom stereocenters. The standard InChI is InChI=1S/C10H16.2C9H15N.C8H13N/c1-6-9(4)10(5)7-8(2)3;1-7(2)5-8(3)9(4)6-10;1-7(2)5-9(6-10)8(3)4;1-7(2)5-8(6-9)3-4-8/h1,8H,7H2,2-5H3;2*7H,5H2,1-4H3;7H,3-5H2,1-2H3/b10-9-;9-8+;;. The normalized spacial score (nSPS) is 13.9. The molecule has 1 aliphatic rings. The Bertz CT molecular complexity index is 920. The molecule has 3 heteroatoms. The van der Waals surface area contributed by atoms with Crippen molar-refractivity contribution in [2.75, 3.05) is 0 Å². The van der Waals surface area contributed by atoms with Gasteiger partial charge in [0.25, 0.3) is 0 Å². The molecular weight excluding hydrogens is 474 g/mol. The van der Waals surface area contributed by atoms with E-state index in [1.165, 1.54) is 11.1 Å². The Morgan fingerprint density at radius 3 is 1.23 bits per heavy atom. The second-order valence-electron chi connectivity index (χ2n) is 12.9. The van der Waals surface area contributed by atoms with Gasteiger partial charge in [-0.1, -0.05) is 78.0 Å². The Morgan fingerprint density at radius 2 is 1.05 bits per heavy atom. The molecule has 0 aromatic rings. The minimum absolute atomic E-state index is 0.119. The summed E-state index contributed by atoms with van der Waals surface area (Å²) in [6.45, 7) is 29.3. The molecule has 218 valence electrons. The molecule has 0 heterocycles. The zero-order chi connectivity index (χ0) is 31.3. The number of rotatable bonds is 8. The van der Waals surface area contributed by atoms with Crippen LogP contribution in [0.3, 0.4) is 0 Å². The van der Waals surface area contributed by atoms with Crippen LogP contribution in [0.5, 0.6) is 0 Å². The SMILES string of the molecule is C#C/C(C)=C(/C)CC(C)C.C/C(C#N)=C(/C)CC(C)C.CC(C)=C(C#N)CC(C)C.CC(C)CC1(C#N)CC1. The first-order valence-electron chi connectivity index (χ1n) is 14.6. The maximum absolute atomic E-state index is 8.66. The smallest absolute Gasteiger partial charge is 0.0946 e. The van der Waals surface area contributed by atoms with Crippen molar-refractivity contribution in [3.05, 3.63) is 33.4 Å². The molecule has 0 amide bonds. The van der Waals surface area contributed by atoms with Crippen LogP contribution in [0.4, 0.5) is 0 Å². The topological polar surface area (TPSA) is 71.4 Å². The molecule has 3 nitrogen and oxygen atoms in total. The van der Waals surface area contributed by atoms with E-state index in [2.05, 4.69) is 86.4 Å². The van der Waals surface area contributed by atoms with Crippen LogP contribution < -0.4 is 0 Å². The van der Waals surface area contributed by atoms with Crippen molar-refractivity contribution in [2.45, 2.75) is 135 Å². The minimum atomic E-state index is 0.119. The summed E-state index contributed by atoms with van der Waals surface area (Å²) in [6.07, 6.45) is 11.7. The summed E-state index contributed by atoms with van der Waals surface area (Å²) in [5.41, 5.74) is 6.73. The van der Waals surface area contributed by atoms with E-state index in [1.807, 2.05) is 34.6 Å². The molecular formula is C36H59N3. The maximum Gasteiger partial charge on any atom is 0.0946 e. The van der Waals surface area contributed by atoms with Gasteiger partial charge in [0.05, 0.1) is 23.6 Å². The van der Waals surface area contributed by atoms with Crippen molar-refractivity contribution in [2.24, 2.45) is 29.1 Å². The fraction of sp³-hybridized carbons (Fsp3) is 0.694. The Morgan fingerprint density at radius 1 is 0.641 bits per heavy atom. The highest BCUT2D eigenvalue weighted by Crippen LogP contribution is 2.49. The summed E-state index contributed by atoms with van der Waals surface area (Å²) in [5.74, 6) is 5.29. The van der Waals surface area contributed by atoms with Gasteiger partial charge in [-0.2, -0.15) is 15.8 Å². The van der Waals surface area contributed by atoms with Crippen LogP contribution in [0.15, 0.2) is 33.4 Å². The van der Waals surface area contributed by atoms with Crippen molar-refractivity contribution < 1.29 is 0 Å². The first-order chi connectivity index (χ1) is 17.9. The van der Waals surface area contributed by atoms with Crippen molar-refractivity contribution in [1.29, 1.82) is 15.8 Å². The summed E-state index contributed by atoms with van der Waals surface area (Å²) >= 11 is 0. The second kappa shape index (κ2) is 22.1. The van der Waals surface area contributed by atoms with E-state index < -0.39 is 0 Å². The average molecular weight is 534 g/mol. The van der Waals surface area contributed by atoms with Gasteiger partial charge in [-0.15, -0.1) is 6.42 Å². The van der Waals surface area contributed by atoms with Crippen LogP contribution in [-0.4, -0.2) is 0 Å². The van der Waals surface area contributed by atoms with Gasteiger partial charge >= 0.3 is 0 Å². The Balaban J connectivity index is -0.000000443. The third-order valence-corrected chi connectivity index (χ3v) is 6.33. The number of hydrogen-bond donors (Lipinski definition) is 0. The monoisotopic (exact) mass is 533 g/mol. The quantitative estimate of drug-likeness (QED) is 0.230. The Kier molecular flexibility index (Phi) is 23.1.